The van der Waals surface area contributed by atoms with Crippen molar-refractivity contribution in [3.05, 3.63) is 58.7 Å². The summed E-state index contributed by atoms with van der Waals surface area (Å²) in [4.78, 5) is 16.7. The summed E-state index contributed by atoms with van der Waals surface area (Å²) in [6, 6.07) is 13.0. The lowest BCUT2D eigenvalue weighted by Gasteiger charge is -2.19. The fourth-order valence-corrected chi connectivity index (χ4v) is 2.66. The standard InChI is InChI=1S/C18H20BrNO3/c1-13(12-22-2)11-16(14-6-8-15(19)9-7-14)18(21)23-17-5-3-4-10-20-17/h3-10,13,16H,11-12H2,1-2H3. The second-order valence-corrected chi connectivity index (χ2v) is 6.41. The van der Waals surface area contributed by atoms with Crippen molar-refractivity contribution in [3.8, 4) is 5.88 Å². The number of benzene rings is 1. The van der Waals surface area contributed by atoms with Crippen LogP contribution in [-0.4, -0.2) is 24.7 Å². The Bertz CT molecular complexity index is 616. The molecule has 0 bridgehead atoms. The molecule has 0 saturated heterocycles. The molecule has 1 aromatic heterocycles. The summed E-state index contributed by atoms with van der Waals surface area (Å²) in [5.41, 5.74) is 0.928. The quantitative estimate of drug-likeness (QED) is 0.678. The molecular formula is C18H20BrNO3. The molecule has 1 aromatic carbocycles. The summed E-state index contributed by atoms with van der Waals surface area (Å²) in [6.45, 7) is 2.66. The molecule has 0 fully saturated rings. The van der Waals surface area contributed by atoms with Crippen molar-refractivity contribution in [1.29, 1.82) is 0 Å². The second kappa shape index (κ2) is 8.79. The van der Waals surface area contributed by atoms with Crippen LogP contribution in [0.1, 0.15) is 24.8 Å². The first-order chi connectivity index (χ1) is 11.1. The third-order valence-corrected chi connectivity index (χ3v) is 4.02. The van der Waals surface area contributed by atoms with Crippen LogP contribution < -0.4 is 4.74 Å². The van der Waals surface area contributed by atoms with Crippen molar-refractivity contribution < 1.29 is 14.3 Å². The zero-order chi connectivity index (χ0) is 16.7. The first-order valence-electron chi connectivity index (χ1n) is 7.47. The van der Waals surface area contributed by atoms with Crippen molar-refractivity contribution in [3.63, 3.8) is 0 Å². The van der Waals surface area contributed by atoms with Gasteiger partial charge in [-0.3, -0.25) is 4.79 Å². The number of methoxy groups -OCH3 is 1. The van der Waals surface area contributed by atoms with Gasteiger partial charge in [0.1, 0.15) is 0 Å². The van der Waals surface area contributed by atoms with Gasteiger partial charge >= 0.3 is 5.97 Å². The second-order valence-electron chi connectivity index (χ2n) is 5.49. The molecule has 2 unspecified atom stereocenters. The highest BCUT2D eigenvalue weighted by atomic mass is 79.9. The first-order valence-corrected chi connectivity index (χ1v) is 8.26. The topological polar surface area (TPSA) is 48.4 Å². The van der Waals surface area contributed by atoms with Crippen molar-refractivity contribution in [2.75, 3.05) is 13.7 Å². The third-order valence-electron chi connectivity index (χ3n) is 3.49. The summed E-state index contributed by atoms with van der Waals surface area (Å²) in [7, 11) is 1.66. The highest BCUT2D eigenvalue weighted by Gasteiger charge is 2.25. The van der Waals surface area contributed by atoms with Crippen molar-refractivity contribution in [2.45, 2.75) is 19.3 Å². The molecule has 0 aliphatic carbocycles. The summed E-state index contributed by atoms with van der Waals surface area (Å²) in [5.74, 6) is -0.0897. The fraction of sp³-hybridized carbons (Fsp3) is 0.333. The van der Waals surface area contributed by atoms with E-state index in [0.29, 0.717) is 18.9 Å². The number of carbonyl (C=O) groups excluding carboxylic acids is 1. The van der Waals surface area contributed by atoms with E-state index in [2.05, 4.69) is 27.8 Å². The molecule has 0 radical (unpaired) electrons. The number of pyridine rings is 1. The van der Waals surface area contributed by atoms with Crippen molar-refractivity contribution >= 4 is 21.9 Å². The number of hydrogen-bond acceptors (Lipinski definition) is 4. The molecule has 0 aliphatic rings. The van der Waals surface area contributed by atoms with Gasteiger partial charge < -0.3 is 9.47 Å². The van der Waals surface area contributed by atoms with Gasteiger partial charge in [-0.1, -0.05) is 41.1 Å². The number of nitrogens with zero attached hydrogens (tertiary/aromatic N) is 1. The minimum atomic E-state index is -0.352. The highest BCUT2D eigenvalue weighted by molar-refractivity contribution is 9.10. The van der Waals surface area contributed by atoms with Crippen LogP contribution in [0.2, 0.25) is 0 Å². The fourth-order valence-electron chi connectivity index (χ4n) is 2.40. The zero-order valence-corrected chi connectivity index (χ0v) is 14.8. The number of rotatable bonds is 7. The van der Waals surface area contributed by atoms with Crippen LogP contribution in [0.15, 0.2) is 53.1 Å². The lowest BCUT2D eigenvalue weighted by Crippen LogP contribution is -2.22. The van der Waals surface area contributed by atoms with E-state index < -0.39 is 0 Å². The summed E-state index contributed by atoms with van der Waals surface area (Å²) < 4.78 is 11.6. The molecule has 2 atom stereocenters. The number of carbonyl (C=O) groups is 1. The lowest BCUT2D eigenvalue weighted by molar-refractivity contribution is -0.136. The van der Waals surface area contributed by atoms with Gasteiger partial charge in [-0.05, 0) is 36.1 Å². The number of ether oxygens (including phenoxy) is 2. The van der Waals surface area contributed by atoms with Gasteiger partial charge in [-0.15, -0.1) is 0 Å². The van der Waals surface area contributed by atoms with Gasteiger partial charge in [0, 0.05) is 30.5 Å². The number of aromatic nitrogens is 1. The molecule has 4 nitrogen and oxygen atoms in total. The Balaban J connectivity index is 2.18. The Hall–Kier alpha value is -1.72. The smallest absolute Gasteiger partial charge is 0.320 e. The van der Waals surface area contributed by atoms with Gasteiger partial charge in [-0.2, -0.15) is 0 Å². The van der Waals surface area contributed by atoms with Crippen LogP contribution in [0.3, 0.4) is 0 Å². The third kappa shape index (κ3) is 5.44. The van der Waals surface area contributed by atoms with Crippen LogP contribution in [0.25, 0.3) is 0 Å². The maximum Gasteiger partial charge on any atom is 0.320 e. The Labute approximate surface area is 145 Å². The normalized spacial score (nSPS) is 13.3. The molecule has 0 amide bonds. The average Bonchev–Trinajstić information content (AvgIpc) is 2.55. The Morgan fingerprint density at radius 1 is 1.22 bits per heavy atom. The molecule has 0 aliphatic heterocycles. The zero-order valence-electron chi connectivity index (χ0n) is 13.2. The van der Waals surface area contributed by atoms with E-state index in [0.717, 1.165) is 10.0 Å². The van der Waals surface area contributed by atoms with Gasteiger partial charge in [0.2, 0.25) is 5.88 Å². The van der Waals surface area contributed by atoms with Gasteiger partial charge in [-0.25, -0.2) is 4.98 Å². The van der Waals surface area contributed by atoms with E-state index in [9.17, 15) is 4.79 Å². The number of esters is 1. The molecule has 5 heteroatoms. The van der Waals surface area contributed by atoms with Crippen LogP contribution >= 0.6 is 15.9 Å². The van der Waals surface area contributed by atoms with E-state index in [-0.39, 0.29) is 17.8 Å². The molecule has 122 valence electrons. The van der Waals surface area contributed by atoms with Crippen molar-refractivity contribution in [2.24, 2.45) is 5.92 Å². The predicted octanol–water partition coefficient (Wildman–Crippen LogP) is 4.21. The molecule has 0 saturated carbocycles. The molecule has 2 aromatic rings. The first kappa shape index (κ1) is 17.6. The molecule has 0 spiro atoms. The number of halogens is 1. The van der Waals surface area contributed by atoms with Crippen LogP contribution in [0, 0.1) is 5.92 Å². The van der Waals surface area contributed by atoms with Gasteiger partial charge in [0.25, 0.3) is 0 Å². The summed E-state index contributed by atoms with van der Waals surface area (Å²) in [6.07, 6.45) is 2.26. The molecule has 0 N–H and O–H groups in total. The van der Waals surface area contributed by atoms with E-state index in [4.69, 9.17) is 9.47 Å². The largest absolute Gasteiger partial charge is 0.407 e. The van der Waals surface area contributed by atoms with E-state index in [1.165, 1.54) is 0 Å². The molecule has 1 heterocycles. The highest BCUT2D eigenvalue weighted by Crippen LogP contribution is 2.27. The van der Waals surface area contributed by atoms with Crippen molar-refractivity contribution in [1.82, 2.24) is 4.98 Å². The maximum atomic E-state index is 12.6. The minimum Gasteiger partial charge on any atom is -0.407 e. The van der Waals surface area contributed by atoms with Gasteiger partial charge in [0.05, 0.1) is 5.92 Å². The van der Waals surface area contributed by atoms with Gasteiger partial charge in [0.15, 0.2) is 0 Å². The van der Waals surface area contributed by atoms with E-state index in [1.54, 1.807) is 31.5 Å². The Morgan fingerprint density at radius 3 is 2.57 bits per heavy atom. The van der Waals surface area contributed by atoms with Crippen LogP contribution in [0.5, 0.6) is 5.88 Å². The minimum absolute atomic E-state index is 0.241. The Morgan fingerprint density at radius 2 is 1.96 bits per heavy atom. The van der Waals surface area contributed by atoms with E-state index >= 15 is 0 Å². The Kier molecular flexibility index (Phi) is 6.74. The maximum absolute atomic E-state index is 12.6. The van der Waals surface area contributed by atoms with Crippen LogP contribution in [-0.2, 0) is 9.53 Å². The predicted molar refractivity (Wildman–Crippen MR) is 92.4 cm³/mol. The molecular weight excluding hydrogens is 358 g/mol. The number of hydrogen-bond donors (Lipinski definition) is 0. The average molecular weight is 378 g/mol. The summed E-state index contributed by atoms with van der Waals surface area (Å²) >= 11 is 3.41. The van der Waals surface area contributed by atoms with Crippen LogP contribution in [0.4, 0.5) is 0 Å². The molecule has 2 rings (SSSR count). The SMILES string of the molecule is COCC(C)CC(C(=O)Oc1ccccn1)c1ccc(Br)cc1. The monoisotopic (exact) mass is 377 g/mol. The molecule has 23 heavy (non-hydrogen) atoms. The lowest BCUT2D eigenvalue weighted by atomic mass is 9.90. The van der Waals surface area contributed by atoms with E-state index in [1.807, 2.05) is 24.3 Å². The summed E-state index contributed by atoms with van der Waals surface area (Å²) in [5, 5.41) is 0.